The van der Waals surface area contributed by atoms with Gasteiger partial charge in [-0.3, -0.25) is 4.79 Å². The van der Waals surface area contributed by atoms with Crippen LogP contribution in [0.15, 0.2) is 18.2 Å². The molecule has 1 rings (SSSR count). The molecule has 0 aliphatic rings. The van der Waals surface area contributed by atoms with E-state index in [1.165, 1.54) is 18.2 Å². The molecule has 2 unspecified atom stereocenters. The Morgan fingerprint density at radius 1 is 1.41 bits per heavy atom. The van der Waals surface area contributed by atoms with Gasteiger partial charge in [0.05, 0.1) is 0 Å². The standard InChI is InChI=1S/C12H18N2O3/c1-7(5-12(13)17)14-8(2)10-6-9(15)3-4-11(10)16/h3-4,6-8,14-16H,5H2,1-2H3,(H2,13,17). The fraction of sp³-hybridized carbons (Fsp3) is 0.417. The molecular formula is C12H18N2O3. The maximum absolute atomic E-state index is 10.7. The van der Waals surface area contributed by atoms with Crippen molar-refractivity contribution in [2.24, 2.45) is 5.73 Å². The number of rotatable bonds is 5. The number of nitrogens with two attached hydrogens (primary N) is 1. The van der Waals surface area contributed by atoms with Crippen molar-refractivity contribution >= 4 is 5.91 Å². The first kappa shape index (κ1) is 13.3. The van der Waals surface area contributed by atoms with Gasteiger partial charge in [0.1, 0.15) is 11.5 Å². The van der Waals surface area contributed by atoms with Crippen molar-refractivity contribution < 1.29 is 15.0 Å². The minimum Gasteiger partial charge on any atom is -0.508 e. The fourth-order valence-corrected chi connectivity index (χ4v) is 1.77. The second-order valence-corrected chi connectivity index (χ2v) is 4.20. The molecule has 5 N–H and O–H groups in total. The SMILES string of the molecule is CC(CC(N)=O)NC(C)c1cc(O)ccc1O. The lowest BCUT2D eigenvalue weighted by Crippen LogP contribution is -2.32. The third kappa shape index (κ3) is 3.96. The van der Waals surface area contributed by atoms with Gasteiger partial charge >= 0.3 is 0 Å². The number of carbonyl (C=O) groups excluding carboxylic acids is 1. The lowest BCUT2D eigenvalue weighted by atomic mass is 10.1. The number of carbonyl (C=O) groups is 1. The van der Waals surface area contributed by atoms with Gasteiger partial charge in [-0.25, -0.2) is 0 Å². The first-order valence-electron chi connectivity index (χ1n) is 5.46. The van der Waals surface area contributed by atoms with Crippen LogP contribution < -0.4 is 11.1 Å². The average molecular weight is 238 g/mol. The summed E-state index contributed by atoms with van der Waals surface area (Å²) in [5.74, 6) is -0.180. The van der Waals surface area contributed by atoms with Gasteiger partial charge in [-0.05, 0) is 32.0 Å². The van der Waals surface area contributed by atoms with E-state index in [2.05, 4.69) is 5.32 Å². The number of hydrogen-bond donors (Lipinski definition) is 4. The normalized spacial score (nSPS) is 14.2. The molecule has 0 aliphatic carbocycles. The topological polar surface area (TPSA) is 95.6 Å². The van der Waals surface area contributed by atoms with Crippen LogP contribution in [0.25, 0.3) is 0 Å². The molecule has 0 heterocycles. The summed E-state index contributed by atoms with van der Waals surface area (Å²) in [4.78, 5) is 10.7. The third-order valence-corrected chi connectivity index (χ3v) is 2.52. The zero-order valence-electron chi connectivity index (χ0n) is 9.97. The van der Waals surface area contributed by atoms with Crippen LogP contribution in [0.4, 0.5) is 0 Å². The van der Waals surface area contributed by atoms with Crippen LogP contribution in [0.2, 0.25) is 0 Å². The Labute approximate surface area is 100 Å². The van der Waals surface area contributed by atoms with Gasteiger partial charge in [-0.2, -0.15) is 0 Å². The van der Waals surface area contributed by atoms with Crippen LogP contribution in [-0.2, 0) is 4.79 Å². The zero-order chi connectivity index (χ0) is 13.0. The molecule has 17 heavy (non-hydrogen) atoms. The predicted octanol–water partition coefficient (Wildman–Crippen LogP) is 1.01. The molecule has 0 fully saturated rings. The fourth-order valence-electron chi connectivity index (χ4n) is 1.77. The summed E-state index contributed by atoms with van der Waals surface area (Å²) >= 11 is 0. The van der Waals surface area contributed by atoms with E-state index in [9.17, 15) is 15.0 Å². The first-order chi connectivity index (χ1) is 7.90. The summed E-state index contributed by atoms with van der Waals surface area (Å²) in [7, 11) is 0. The molecular weight excluding hydrogens is 220 g/mol. The largest absolute Gasteiger partial charge is 0.508 e. The van der Waals surface area contributed by atoms with Crippen molar-refractivity contribution in [3.05, 3.63) is 23.8 Å². The Hall–Kier alpha value is -1.75. The Morgan fingerprint density at radius 2 is 2.06 bits per heavy atom. The van der Waals surface area contributed by atoms with E-state index in [1.807, 2.05) is 13.8 Å². The van der Waals surface area contributed by atoms with Crippen LogP contribution in [0, 0.1) is 0 Å². The van der Waals surface area contributed by atoms with Crippen LogP contribution in [0.3, 0.4) is 0 Å². The molecule has 0 saturated carbocycles. The average Bonchev–Trinajstić information content (AvgIpc) is 2.20. The Bertz CT molecular complexity index is 407. The van der Waals surface area contributed by atoms with Crippen molar-refractivity contribution in [3.63, 3.8) is 0 Å². The van der Waals surface area contributed by atoms with Crippen molar-refractivity contribution in [2.75, 3.05) is 0 Å². The van der Waals surface area contributed by atoms with E-state index in [4.69, 9.17) is 5.73 Å². The number of amides is 1. The van der Waals surface area contributed by atoms with Crippen molar-refractivity contribution in [3.8, 4) is 11.5 Å². The van der Waals surface area contributed by atoms with E-state index >= 15 is 0 Å². The highest BCUT2D eigenvalue weighted by molar-refractivity contribution is 5.74. The smallest absolute Gasteiger partial charge is 0.218 e. The molecule has 5 nitrogen and oxygen atoms in total. The number of benzene rings is 1. The molecule has 0 bridgehead atoms. The van der Waals surface area contributed by atoms with Gasteiger partial charge in [0.25, 0.3) is 0 Å². The van der Waals surface area contributed by atoms with E-state index in [0.29, 0.717) is 5.56 Å². The van der Waals surface area contributed by atoms with Crippen LogP contribution in [0.1, 0.15) is 31.9 Å². The molecule has 2 atom stereocenters. The zero-order valence-corrected chi connectivity index (χ0v) is 9.97. The van der Waals surface area contributed by atoms with Gasteiger partial charge in [-0.15, -0.1) is 0 Å². The third-order valence-electron chi connectivity index (χ3n) is 2.52. The van der Waals surface area contributed by atoms with Crippen molar-refractivity contribution in [1.82, 2.24) is 5.32 Å². The molecule has 0 aromatic heterocycles. The highest BCUT2D eigenvalue weighted by Gasteiger charge is 2.14. The monoisotopic (exact) mass is 238 g/mol. The summed E-state index contributed by atoms with van der Waals surface area (Å²) in [5, 5.41) is 22.1. The molecule has 1 aromatic carbocycles. The van der Waals surface area contributed by atoms with Gasteiger partial charge in [0.2, 0.25) is 5.91 Å². The molecule has 1 aromatic rings. The Morgan fingerprint density at radius 3 is 2.65 bits per heavy atom. The number of phenols is 2. The van der Waals surface area contributed by atoms with Crippen molar-refractivity contribution in [2.45, 2.75) is 32.4 Å². The highest BCUT2D eigenvalue weighted by atomic mass is 16.3. The Kier molecular flexibility index (Phi) is 4.34. The minimum atomic E-state index is -0.377. The lowest BCUT2D eigenvalue weighted by Gasteiger charge is -2.20. The van der Waals surface area contributed by atoms with E-state index < -0.39 is 0 Å². The molecule has 1 amide bonds. The summed E-state index contributed by atoms with van der Waals surface area (Å²) in [5.41, 5.74) is 5.68. The highest BCUT2D eigenvalue weighted by Crippen LogP contribution is 2.27. The Balaban J connectivity index is 2.72. The summed E-state index contributed by atoms with van der Waals surface area (Å²) in [6, 6.07) is 4.06. The van der Waals surface area contributed by atoms with Gasteiger partial charge in [-0.1, -0.05) is 0 Å². The first-order valence-corrected chi connectivity index (χ1v) is 5.46. The molecule has 0 spiro atoms. The maximum atomic E-state index is 10.7. The second-order valence-electron chi connectivity index (χ2n) is 4.20. The number of hydrogen-bond acceptors (Lipinski definition) is 4. The van der Waals surface area contributed by atoms with Crippen LogP contribution in [-0.4, -0.2) is 22.2 Å². The number of aromatic hydroxyl groups is 2. The maximum Gasteiger partial charge on any atom is 0.218 e. The van der Waals surface area contributed by atoms with Gasteiger partial charge in [0.15, 0.2) is 0 Å². The minimum absolute atomic E-state index is 0.0917. The number of nitrogens with one attached hydrogen (secondary N) is 1. The molecule has 94 valence electrons. The van der Waals surface area contributed by atoms with E-state index in [0.717, 1.165) is 0 Å². The summed E-state index contributed by atoms with van der Waals surface area (Å²) in [6.07, 6.45) is 0.226. The van der Waals surface area contributed by atoms with Gasteiger partial charge < -0.3 is 21.3 Å². The van der Waals surface area contributed by atoms with E-state index in [-0.39, 0.29) is 35.9 Å². The molecule has 0 radical (unpaired) electrons. The summed E-state index contributed by atoms with van der Waals surface area (Å²) < 4.78 is 0. The quantitative estimate of drug-likeness (QED) is 0.576. The van der Waals surface area contributed by atoms with Gasteiger partial charge in [0, 0.05) is 24.1 Å². The second kappa shape index (κ2) is 5.54. The molecule has 0 saturated heterocycles. The van der Waals surface area contributed by atoms with E-state index in [1.54, 1.807) is 0 Å². The number of primary amides is 1. The van der Waals surface area contributed by atoms with Crippen LogP contribution in [0.5, 0.6) is 11.5 Å². The van der Waals surface area contributed by atoms with Crippen molar-refractivity contribution in [1.29, 1.82) is 0 Å². The number of phenolic OH excluding ortho intramolecular Hbond substituents is 2. The predicted molar refractivity (Wildman–Crippen MR) is 64.6 cm³/mol. The summed E-state index contributed by atoms with van der Waals surface area (Å²) in [6.45, 7) is 3.67. The molecule has 5 heteroatoms. The molecule has 0 aliphatic heterocycles. The lowest BCUT2D eigenvalue weighted by molar-refractivity contribution is -0.118. The van der Waals surface area contributed by atoms with Crippen LogP contribution >= 0.6 is 0 Å².